The Morgan fingerprint density at radius 2 is 1.57 bits per heavy atom. The Balaban J connectivity index is 1.79. The standard InChI is InChI=1S/C25H23N3O2/c1-3-22(18-15-13-17(2)14-16-18)26-24(29)23-20-11-7-8-12-21(20)25(30)28(27-23)19-9-5-4-6-10-19/h4-16,22H,3H2,1-2H3,(H,26,29)/t22-/m1/s1. The molecule has 1 heterocycles. The van der Waals surface area contributed by atoms with Crippen molar-refractivity contribution in [3.05, 3.63) is 106 Å². The van der Waals surface area contributed by atoms with Crippen molar-refractivity contribution in [3.8, 4) is 5.69 Å². The largest absolute Gasteiger partial charge is 0.344 e. The number of hydrogen-bond acceptors (Lipinski definition) is 3. The molecule has 4 rings (SSSR count). The van der Waals surface area contributed by atoms with Crippen LogP contribution in [0.4, 0.5) is 0 Å². The third-order valence-electron chi connectivity index (χ3n) is 5.21. The van der Waals surface area contributed by atoms with Gasteiger partial charge in [-0.15, -0.1) is 0 Å². The molecule has 0 fully saturated rings. The molecule has 1 atom stereocenters. The van der Waals surface area contributed by atoms with E-state index in [1.165, 1.54) is 10.2 Å². The molecular weight excluding hydrogens is 374 g/mol. The highest BCUT2D eigenvalue weighted by Crippen LogP contribution is 2.20. The number of amides is 1. The van der Waals surface area contributed by atoms with Crippen molar-refractivity contribution in [2.75, 3.05) is 0 Å². The zero-order valence-corrected chi connectivity index (χ0v) is 17.0. The summed E-state index contributed by atoms with van der Waals surface area (Å²) in [7, 11) is 0. The number of nitrogens with zero attached hydrogens (tertiary/aromatic N) is 2. The van der Waals surface area contributed by atoms with Crippen LogP contribution < -0.4 is 10.9 Å². The second-order valence-corrected chi connectivity index (χ2v) is 7.29. The summed E-state index contributed by atoms with van der Waals surface area (Å²) in [4.78, 5) is 26.3. The molecule has 0 aliphatic heterocycles. The van der Waals surface area contributed by atoms with Crippen LogP contribution in [0.15, 0.2) is 83.7 Å². The van der Waals surface area contributed by atoms with Crippen molar-refractivity contribution in [2.24, 2.45) is 0 Å². The minimum absolute atomic E-state index is 0.143. The zero-order chi connectivity index (χ0) is 21.1. The molecule has 5 heteroatoms. The molecule has 0 aliphatic carbocycles. The predicted molar refractivity (Wildman–Crippen MR) is 119 cm³/mol. The summed E-state index contributed by atoms with van der Waals surface area (Å²) in [6, 6.07) is 24.2. The monoisotopic (exact) mass is 397 g/mol. The first-order chi connectivity index (χ1) is 14.6. The summed E-state index contributed by atoms with van der Waals surface area (Å²) in [5, 5.41) is 8.56. The highest BCUT2D eigenvalue weighted by atomic mass is 16.2. The van der Waals surface area contributed by atoms with Gasteiger partial charge in [0.15, 0.2) is 5.69 Å². The van der Waals surface area contributed by atoms with Crippen LogP contribution in [0.3, 0.4) is 0 Å². The van der Waals surface area contributed by atoms with E-state index in [0.717, 1.165) is 12.0 Å². The summed E-state index contributed by atoms with van der Waals surface area (Å²) < 4.78 is 1.30. The van der Waals surface area contributed by atoms with E-state index < -0.39 is 0 Å². The third kappa shape index (κ3) is 3.74. The van der Waals surface area contributed by atoms with Gasteiger partial charge in [-0.05, 0) is 37.1 Å². The van der Waals surface area contributed by atoms with Crippen molar-refractivity contribution in [2.45, 2.75) is 26.3 Å². The molecule has 150 valence electrons. The third-order valence-corrected chi connectivity index (χ3v) is 5.21. The number of hydrogen-bond donors (Lipinski definition) is 1. The molecule has 0 saturated heterocycles. The molecule has 0 saturated carbocycles. The van der Waals surface area contributed by atoms with Crippen molar-refractivity contribution < 1.29 is 4.79 Å². The highest BCUT2D eigenvalue weighted by Gasteiger charge is 2.20. The molecule has 0 unspecified atom stereocenters. The van der Waals surface area contributed by atoms with E-state index in [1.54, 1.807) is 30.3 Å². The fourth-order valence-electron chi connectivity index (χ4n) is 3.55. The smallest absolute Gasteiger partial charge is 0.279 e. The summed E-state index contributed by atoms with van der Waals surface area (Å²) in [6.45, 7) is 4.06. The van der Waals surface area contributed by atoms with Crippen LogP contribution in [-0.2, 0) is 0 Å². The Morgan fingerprint density at radius 1 is 0.933 bits per heavy atom. The minimum Gasteiger partial charge on any atom is -0.344 e. The van der Waals surface area contributed by atoms with Crippen LogP contribution in [0.5, 0.6) is 0 Å². The molecule has 1 amide bonds. The summed E-state index contributed by atoms with van der Waals surface area (Å²) in [5.41, 5.74) is 2.81. The molecule has 0 bridgehead atoms. The van der Waals surface area contributed by atoms with Gasteiger partial charge in [-0.1, -0.05) is 73.2 Å². The molecule has 5 nitrogen and oxygen atoms in total. The fraction of sp³-hybridized carbons (Fsp3) is 0.160. The molecule has 0 radical (unpaired) electrons. The van der Waals surface area contributed by atoms with Gasteiger partial charge in [-0.2, -0.15) is 9.78 Å². The zero-order valence-electron chi connectivity index (χ0n) is 17.0. The maximum Gasteiger partial charge on any atom is 0.279 e. The number of carbonyl (C=O) groups excluding carboxylic acids is 1. The maximum atomic E-state index is 13.3. The van der Waals surface area contributed by atoms with E-state index in [1.807, 2.05) is 62.4 Å². The van der Waals surface area contributed by atoms with Gasteiger partial charge < -0.3 is 5.32 Å². The Labute approximate surface area is 175 Å². The van der Waals surface area contributed by atoms with Gasteiger partial charge in [-0.3, -0.25) is 9.59 Å². The Bertz CT molecular complexity index is 1250. The number of benzene rings is 3. The molecule has 0 aliphatic rings. The van der Waals surface area contributed by atoms with Crippen LogP contribution in [0.1, 0.15) is 41.0 Å². The molecule has 3 aromatic carbocycles. The molecule has 1 aromatic heterocycles. The number of aryl methyl sites for hydroxylation is 1. The minimum atomic E-state index is -0.302. The second-order valence-electron chi connectivity index (χ2n) is 7.29. The van der Waals surface area contributed by atoms with E-state index in [-0.39, 0.29) is 23.2 Å². The SMILES string of the molecule is CC[C@@H](NC(=O)c1nn(-c2ccccc2)c(=O)c2ccccc12)c1ccc(C)cc1. The average Bonchev–Trinajstić information content (AvgIpc) is 2.79. The summed E-state index contributed by atoms with van der Waals surface area (Å²) in [6.07, 6.45) is 0.741. The molecule has 4 aromatic rings. The molecular formula is C25H23N3O2. The van der Waals surface area contributed by atoms with Gasteiger partial charge >= 0.3 is 0 Å². The lowest BCUT2D eigenvalue weighted by Crippen LogP contribution is -2.32. The van der Waals surface area contributed by atoms with Gasteiger partial charge in [0.1, 0.15) is 0 Å². The Hall–Kier alpha value is -3.73. The maximum absolute atomic E-state index is 13.3. The first-order valence-electron chi connectivity index (χ1n) is 10.0. The highest BCUT2D eigenvalue weighted by molar-refractivity contribution is 6.05. The van der Waals surface area contributed by atoms with E-state index >= 15 is 0 Å². The molecule has 0 spiro atoms. The number of nitrogens with one attached hydrogen (secondary N) is 1. The lowest BCUT2D eigenvalue weighted by molar-refractivity contribution is 0.0930. The van der Waals surface area contributed by atoms with E-state index in [2.05, 4.69) is 10.4 Å². The van der Waals surface area contributed by atoms with Gasteiger partial charge in [0.05, 0.1) is 17.1 Å². The number of para-hydroxylation sites is 1. The first kappa shape index (κ1) is 19.6. The van der Waals surface area contributed by atoms with Crippen molar-refractivity contribution in [3.63, 3.8) is 0 Å². The van der Waals surface area contributed by atoms with Crippen molar-refractivity contribution in [1.29, 1.82) is 0 Å². The Kier molecular flexibility index (Phi) is 5.44. The van der Waals surface area contributed by atoms with E-state index in [9.17, 15) is 9.59 Å². The fourth-order valence-corrected chi connectivity index (χ4v) is 3.55. The topological polar surface area (TPSA) is 64.0 Å². The van der Waals surface area contributed by atoms with Crippen LogP contribution in [0, 0.1) is 6.92 Å². The van der Waals surface area contributed by atoms with Crippen molar-refractivity contribution in [1.82, 2.24) is 15.1 Å². The van der Waals surface area contributed by atoms with Gasteiger partial charge in [0.25, 0.3) is 11.5 Å². The van der Waals surface area contributed by atoms with Crippen LogP contribution in [0.25, 0.3) is 16.5 Å². The number of aromatic nitrogens is 2. The summed E-state index contributed by atoms with van der Waals surface area (Å²) in [5.74, 6) is -0.302. The summed E-state index contributed by atoms with van der Waals surface area (Å²) >= 11 is 0. The quantitative estimate of drug-likeness (QED) is 0.536. The number of carbonyl (C=O) groups is 1. The van der Waals surface area contributed by atoms with E-state index in [0.29, 0.717) is 16.5 Å². The lowest BCUT2D eigenvalue weighted by Gasteiger charge is -2.18. The average molecular weight is 397 g/mol. The van der Waals surface area contributed by atoms with Crippen LogP contribution in [0.2, 0.25) is 0 Å². The lowest BCUT2D eigenvalue weighted by atomic mass is 10.0. The van der Waals surface area contributed by atoms with Gasteiger partial charge in [0.2, 0.25) is 0 Å². The second kappa shape index (κ2) is 8.33. The molecule has 1 N–H and O–H groups in total. The first-order valence-corrected chi connectivity index (χ1v) is 10.0. The number of rotatable bonds is 5. The van der Waals surface area contributed by atoms with E-state index in [4.69, 9.17) is 0 Å². The normalized spacial score (nSPS) is 11.9. The van der Waals surface area contributed by atoms with Gasteiger partial charge in [0, 0.05) is 5.39 Å². The van der Waals surface area contributed by atoms with Crippen LogP contribution >= 0.6 is 0 Å². The van der Waals surface area contributed by atoms with Crippen LogP contribution in [-0.4, -0.2) is 15.7 Å². The predicted octanol–water partition coefficient (Wildman–Crippen LogP) is 4.58. The molecule has 30 heavy (non-hydrogen) atoms. The Morgan fingerprint density at radius 3 is 2.23 bits per heavy atom. The number of fused-ring (bicyclic) bond motifs is 1. The van der Waals surface area contributed by atoms with Crippen molar-refractivity contribution >= 4 is 16.7 Å². The van der Waals surface area contributed by atoms with Gasteiger partial charge in [-0.25, -0.2) is 0 Å².